The number of benzene rings is 4. The molecule has 4 aromatic carbocycles. The van der Waals surface area contributed by atoms with E-state index in [0.717, 1.165) is 51.4 Å². The minimum absolute atomic E-state index is 1.08. The summed E-state index contributed by atoms with van der Waals surface area (Å²) in [5.41, 5.74) is 11.2. The summed E-state index contributed by atoms with van der Waals surface area (Å²) >= 11 is 14.8. The Labute approximate surface area is 248 Å². The van der Waals surface area contributed by atoms with Gasteiger partial charge in [0.25, 0.3) is 0 Å². The number of halogens is 4. The van der Waals surface area contributed by atoms with Crippen molar-refractivity contribution in [3.05, 3.63) is 135 Å². The van der Waals surface area contributed by atoms with E-state index in [1.54, 1.807) is 0 Å². The van der Waals surface area contributed by atoms with Crippen LogP contribution in [0.5, 0.6) is 0 Å². The van der Waals surface area contributed by atoms with E-state index in [2.05, 4.69) is 137 Å². The van der Waals surface area contributed by atoms with Crippen molar-refractivity contribution in [2.45, 2.75) is 51.4 Å². The molecular weight excluding hydrogens is 704 g/mol. The van der Waals surface area contributed by atoms with Crippen molar-refractivity contribution in [3.8, 4) is 0 Å². The van der Waals surface area contributed by atoms with Gasteiger partial charge >= 0.3 is 0 Å². The fourth-order valence-corrected chi connectivity index (χ4v) is 7.33. The molecule has 0 saturated heterocycles. The van der Waals surface area contributed by atoms with Crippen LogP contribution in [0.2, 0.25) is 0 Å². The van der Waals surface area contributed by atoms with E-state index in [4.69, 9.17) is 0 Å². The molecule has 0 radical (unpaired) electrons. The van der Waals surface area contributed by atoms with E-state index in [1.807, 2.05) is 0 Å². The third-order valence-corrected chi connectivity index (χ3v) is 10.2. The van der Waals surface area contributed by atoms with Crippen LogP contribution >= 0.6 is 63.7 Å². The second-order valence-electron chi connectivity index (χ2n) is 9.70. The normalized spacial score (nSPS) is 14.3. The second kappa shape index (κ2) is 12.1. The van der Waals surface area contributed by atoms with Gasteiger partial charge in [-0.15, -0.1) is 0 Å². The zero-order valence-electron chi connectivity index (χ0n) is 20.1. The van der Waals surface area contributed by atoms with Crippen molar-refractivity contribution in [1.29, 1.82) is 0 Å². The fourth-order valence-electron chi connectivity index (χ4n) is 4.90. The molecule has 8 aliphatic rings. The van der Waals surface area contributed by atoms with Crippen LogP contribution < -0.4 is 0 Å². The van der Waals surface area contributed by atoms with Crippen LogP contribution in [0.3, 0.4) is 0 Å². The first kappa shape index (κ1) is 26.4. The Morgan fingerprint density at radius 2 is 0.611 bits per heavy atom. The molecule has 8 aliphatic carbocycles. The second-order valence-corrected chi connectivity index (χ2v) is 13.1. The van der Waals surface area contributed by atoms with Crippen molar-refractivity contribution in [1.82, 2.24) is 0 Å². The van der Waals surface area contributed by atoms with E-state index in [1.165, 1.54) is 62.4 Å². The molecule has 0 fully saturated rings. The summed E-state index contributed by atoms with van der Waals surface area (Å²) in [5.74, 6) is 0. The van der Waals surface area contributed by atoms with Crippen molar-refractivity contribution in [2.24, 2.45) is 0 Å². The molecule has 4 heteroatoms. The molecule has 0 atom stereocenters. The molecule has 184 valence electrons. The molecule has 0 saturated carbocycles. The van der Waals surface area contributed by atoms with Crippen molar-refractivity contribution >= 4 is 63.7 Å². The third kappa shape index (κ3) is 6.62. The van der Waals surface area contributed by atoms with E-state index >= 15 is 0 Å². The number of hydrogen-bond acceptors (Lipinski definition) is 0. The zero-order chi connectivity index (χ0) is 25.1. The maximum Gasteiger partial charge on any atom is 0.0210 e. The summed E-state index contributed by atoms with van der Waals surface area (Å²) in [7, 11) is 0. The largest absolute Gasteiger partial charge is 0.0588 e. The van der Waals surface area contributed by atoms with Crippen LogP contribution in [-0.2, 0) is 51.4 Å². The van der Waals surface area contributed by atoms with Gasteiger partial charge in [0.05, 0.1) is 0 Å². The predicted octanol–water partition coefficient (Wildman–Crippen LogP) is 10.2. The molecule has 0 heterocycles. The van der Waals surface area contributed by atoms with Gasteiger partial charge in [0.1, 0.15) is 0 Å². The minimum atomic E-state index is 1.08. The number of aryl methyl sites for hydroxylation is 8. The summed E-state index contributed by atoms with van der Waals surface area (Å²) < 4.78 is 5.01. The lowest BCUT2D eigenvalue weighted by molar-refractivity contribution is 0.912. The third-order valence-electron chi connectivity index (χ3n) is 7.21. The lowest BCUT2D eigenvalue weighted by atomic mass is 9.97. The van der Waals surface area contributed by atoms with Gasteiger partial charge in [-0.05, 0) is 120 Å². The van der Waals surface area contributed by atoms with Gasteiger partial charge in [0, 0.05) is 17.9 Å². The summed E-state index contributed by atoms with van der Waals surface area (Å²) in [4.78, 5) is 0. The van der Waals surface area contributed by atoms with Crippen LogP contribution in [0.4, 0.5) is 0 Å². The van der Waals surface area contributed by atoms with Crippen LogP contribution in [-0.4, -0.2) is 0 Å². The average Bonchev–Trinajstić information content (AvgIpc) is 2.86. The highest BCUT2D eigenvalue weighted by atomic mass is 79.9. The molecule has 36 heavy (non-hydrogen) atoms. The smallest absolute Gasteiger partial charge is 0.0210 e. The van der Waals surface area contributed by atoms with Crippen LogP contribution in [0.1, 0.15) is 44.5 Å². The molecule has 0 unspecified atom stereocenters. The van der Waals surface area contributed by atoms with Gasteiger partial charge < -0.3 is 0 Å². The van der Waals surface area contributed by atoms with Gasteiger partial charge in [-0.3, -0.25) is 0 Å². The highest BCUT2D eigenvalue weighted by Crippen LogP contribution is 2.29. The highest BCUT2D eigenvalue weighted by molar-refractivity contribution is 9.11. The highest BCUT2D eigenvalue weighted by Gasteiger charge is 2.10. The summed E-state index contributed by atoms with van der Waals surface area (Å²) in [6.45, 7) is 0. The Morgan fingerprint density at radius 3 is 1.00 bits per heavy atom. The van der Waals surface area contributed by atoms with Crippen LogP contribution in [0, 0.1) is 0 Å². The summed E-state index contributed by atoms with van der Waals surface area (Å²) in [6, 6.07) is 27.2. The Kier molecular flexibility index (Phi) is 8.88. The van der Waals surface area contributed by atoms with Crippen molar-refractivity contribution in [3.63, 3.8) is 0 Å². The predicted molar refractivity (Wildman–Crippen MR) is 166 cm³/mol. The summed E-state index contributed by atoms with van der Waals surface area (Å²) in [6.07, 6.45) is 8.74. The van der Waals surface area contributed by atoms with Gasteiger partial charge in [0.2, 0.25) is 0 Å². The first-order valence-corrected chi connectivity index (χ1v) is 15.7. The Morgan fingerprint density at radius 1 is 0.306 bits per heavy atom. The van der Waals surface area contributed by atoms with Gasteiger partial charge in [-0.25, -0.2) is 0 Å². The van der Waals surface area contributed by atoms with Gasteiger partial charge in [-0.2, -0.15) is 0 Å². The van der Waals surface area contributed by atoms with E-state index < -0.39 is 0 Å². The fraction of sp³-hybridized carbons (Fsp3) is 0.250. The molecule has 8 bridgehead atoms. The Balaban J connectivity index is 0.000000148. The lowest BCUT2D eigenvalue weighted by Crippen LogP contribution is -1.99. The minimum Gasteiger partial charge on any atom is -0.0588 e. The first-order valence-electron chi connectivity index (χ1n) is 12.5. The topological polar surface area (TPSA) is 0 Å². The standard InChI is InChI=1S/2C16H14Br2/c17-15-9-11-1-5-13(15)8-4-12-2-6-14(7-3-11)16(18)10-12;17-15-10-14-8-6-12-2-1-11(3-4-12)5-7-13(15)9-16(14)18/h1-2,5-6,9-10H,3-4,7-8H2;1-4,9-10H,5-8H2. The summed E-state index contributed by atoms with van der Waals surface area (Å²) in [5, 5.41) is 0. The molecule has 0 amide bonds. The molecule has 12 rings (SSSR count). The van der Waals surface area contributed by atoms with Gasteiger partial charge in [-0.1, -0.05) is 112 Å². The quantitative estimate of drug-likeness (QED) is 0.169. The Hall–Kier alpha value is -1.20. The number of rotatable bonds is 0. The average molecular weight is 732 g/mol. The number of hydrogen-bond donors (Lipinski definition) is 0. The van der Waals surface area contributed by atoms with E-state index in [-0.39, 0.29) is 0 Å². The SMILES string of the molecule is Brc1cc2c(Br)cc1CCc1ccc(cc1)CC2.Brc1cc2ccc1CCc1ccc(c(Br)c1)CC2. The Bertz CT molecular complexity index is 1270. The van der Waals surface area contributed by atoms with Gasteiger partial charge in [0.15, 0.2) is 0 Å². The van der Waals surface area contributed by atoms with Crippen molar-refractivity contribution < 1.29 is 0 Å². The molecule has 0 aromatic heterocycles. The van der Waals surface area contributed by atoms with E-state index in [9.17, 15) is 0 Å². The lowest BCUT2D eigenvalue weighted by Gasteiger charge is -2.13. The van der Waals surface area contributed by atoms with Crippen molar-refractivity contribution in [2.75, 3.05) is 0 Å². The molecule has 0 N–H and O–H groups in total. The molecule has 0 aliphatic heterocycles. The molecule has 0 nitrogen and oxygen atoms in total. The first-order chi connectivity index (χ1) is 17.4. The van der Waals surface area contributed by atoms with Crippen LogP contribution in [0.25, 0.3) is 0 Å². The molecule has 4 aromatic rings. The van der Waals surface area contributed by atoms with E-state index in [0.29, 0.717) is 0 Å². The monoisotopic (exact) mass is 728 g/mol. The zero-order valence-corrected chi connectivity index (χ0v) is 26.4. The maximum atomic E-state index is 3.70. The maximum absolute atomic E-state index is 3.70. The molecular formula is C32H28Br4. The molecule has 0 spiro atoms. The van der Waals surface area contributed by atoms with Crippen LogP contribution in [0.15, 0.2) is 90.7 Å².